The first kappa shape index (κ1) is 16.9. The van der Waals surface area contributed by atoms with Crippen LogP contribution in [0.1, 0.15) is 32.6 Å². The molecular weight excluding hydrogens is 296 g/mol. The summed E-state index contributed by atoms with van der Waals surface area (Å²) in [6.07, 6.45) is 6.98. The summed E-state index contributed by atoms with van der Waals surface area (Å²) in [5.74, 6) is 2.61. The molecule has 0 unspecified atom stereocenters. The molecule has 0 spiro atoms. The average Bonchev–Trinajstić information content (AvgIpc) is 2.64. The third-order valence-electron chi connectivity index (χ3n) is 4.77. The van der Waals surface area contributed by atoms with Crippen molar-refractivity contribution >= 4 is 5.82 Å². The minimum Gasteiger partial charge on any atom is -0.370 e. The number of piperidine rings is 1. The highest BCUT2D eigenvalue weighted by atomic mass is 15.1. The maximum Gasteiger partial charge on any atom is 0.161 e. The Morgan fingerprint density at radius 3 is 2.67 bits per heavy atom. The molecule has 2 heterocycles. The van der Waals surface area contributed by atoms with Crippen LogP contribution in [-0.2, 0) is 0 Å². The molecule has 2 aromatic rings. The molecule has 1 saturated heterocycles. The predicted molar refractivity (Wildman–Crippen MR) is 100 cm³/mol. The fraction of sp³-hybridized carbons (Fsp3) is 0.500. The Morgan fingerprint density at radius 1 is 1.08 bits per heavy atom. The third kappa shape index (κ3) is 5.03. The first-order valence-corrected chi connectivity index (χ1v) is 9.16. The van der Waals surface area contributed by atoms with E-state index in [-0.39, 0.29) is 0 Å². The van der Waals surface area contributed by atoms with Crippen LogP contribution >= 0.6 is 0 Å². The SMILES string of the molecule is CC1CCN(CCCCNc2ccnc(-c3ccccc3)n2)CC1. The zero-order valence-electron chi connectivity index (χ0n) is 14.6. The molecule has 3 rings (SSSR count). The Kier molecular flexibility index (Phi) is 6.19. The summed E-state index contributed by atoms with van der Waals surface area (Å²) >= 11 is 0. The normalized spacial score (nSPS) is 16.2. The molecule has 4 heteroatoms. The van der Waals surface area contributed by atoms with Crippen LogP contribution in [-0.4, -0.2) is 41.0 Å². The fourth-order valence-electron chi connectivity index (χ4n) is 3.15. The Balaban J connectivity index is 1.39. The van der Waals surface area contributed by atoms with Crippen LogP contribution in [0.2, 0.25) is 0 Å². The van der Waals surface area contributed by atoms with E-state index in [0.29, 0.717) is 0 Å². The maximum absolute atomic E-state index is 4.61. The van der Waals surface area contributed by atoms with E-state index in [2.05, 4.69) is 27.1 Å². The topological polar surface area (TPSA) is 41.0 Å². The van der Waals surface area contributed by atoms with Gasteiger partial charge in [0.15, 0.2) is 5.82 Å². The van der Waals surface area contributed by atoms with Crippen LogP contribution in [0.3, 0.4) is 0 Å². The van der Waals surface area contributed by atoms with Gasteiger partial charge in [0.05, 0.1) is 0 Å². The van der Waals surface area contributed by atoms with E-state index in [1.807, 2.05) is 42.6 Å². The summed E-state index contributed by atoms with van der Waals surface area (Å²) in [6, 6.07) is 12.1. The zero-order chi connectivity index (χ0) is 16.6. The monoisotopic (exact) mass is 324 g/mol. The van der Waals surface area contributed by atoms with Crippen LogP contribution in [0.5, 0.6) is 0 Å². The molecule has 0 radical (unpaired) electrons. The van der Waals surface area contributed by atoms with Gasteiger partial charge < -0.3 is 10.2 Å². The van der Waals surface area contributed by atoms with E-state index in [4.69, 9.17) is 0 Å². The minimum atomic E-state index is 0.781. The summed E-state index contributed by atoms with van der Waals surface area (Å²) in [5, 5.41) is 3.43. The highest BCUT2D eigenvalue weighted by molar-refractivity contribution is 5.56. The van der Waals surface area contributed by atoms with E-state index in [1.54, 1.807) is 0 Å². The van der Waals surface area contributed by atoms with Crippen molar-refractivity contribution in [1.29, 1.82) is 0 Å². The second kappa shape index (κ2) is 8.78. The summed E-state index contributed by atoms with van der Waals surface area (Å²) in [7, 11) is 0. The van der Waals surface area contributed by atoms with Crippen molar-refractivity contribution in [3.05, 3.63) is 42.6 Å². The van der Waals surface area contributed by atoms with Crippen molar-refractivity contribution in [2.45, 2.75) is 32.6 Å². The van der Waals surface area contributed by atoms with Crippen LogP contribution < -0.4 is 5.32 Å². The van der Waals surface area contributed by atoms with Gasteiger partial charge in [-0.05, 0) is 57.3 Å². The van der Waals surface area contributed by atoms with Gasteiger partial charge in [0.1, 0.15) is 5.82 Å². The van der Waals surface area contributed by atoms with Gasteiger partial charge in [-0.15, -0.1) is 0 Å². The molecule has 1 N–H and O–H groups in total. The molecule has 0 aliphatic carbocycles. The molecule has 0 amide bonds. The molecule has 4 nitrogen and oxygen atoms in total. The Hall–Kier alpha value is -1.94. The van der Waals surface area contributed by atoms with Gasteiger partial charge in [0.25, 0.3) is 0 Å². The zero-order valence-corrected chi connectivity index (χ0v) is 14.6. The second-order valence-corrected chi connectivity index (χ2v) is 6.79. The number of aromatic nitrogens is 2. The van der Waals surface area contributed by atoms with E-state index in [9.17, 15) is 0 Å². The van der Waals surface area contributed by atoms with Crippen molar-refractivity contribution < 1.29 is 0 Å². The average molecular weight is 324 g/mol. The molecule has 0 saturated carbocycles. The summed E-state index contributed by atoms with van der Waals surface area (Å²) in [5.41, 5.74) is 1.06. The number of benzene rings is 1. The van der Waals surface area contributed by atoms with Crippen LogP contribution in [0.4, 0.5) is 5.82 Å². The number of likely N-dealkylation sites (tertiary alicyclic amines) is 1. The maximum atomic E-state index is 4.61. The lowest BCUT2D eigenvalue weighted by Crippen LogP contribution is -2.33. The molecule has 0 bridgehead atoms. The number of hydrogen-bond acceptors (Lipinski definition) is 4. The number of nitrogens with one attached hydrogen (secondary N) is 1. The van der Waals surface area contributed by atoms with E-state index in [1.165, 1.54) is 45.3 Å². The van der Waals surface area contributed by atoms with Crippen molar-refractivity contribution in [3.8, 4) is 11.4 Å². The fourth-order valence-corrected chi connectivity index (χ4v) is 3.15. The number of hydrogen-bond donors (Lipinski definition) is 1. The number of anilines is 1. The first-order valence-electron chi connectivity index (χ1n) is 9.16. The van der Waals surface area contributed by atoms with Gasteiger partial charge in [-0.2, -0.15) is 0 Å². The highest BCUT2D eigenvalue weighted by Crippen LogP contribution is 2.17. The molecule has 24 heavy (non-hydrogen) atoms. The minimum absolute atomic E-state index is 0.781. The van der Waals surface area contributed by atoms with Gasteiger partial charge in [-0.1, -0.05) is 37.3 Å². The first-order chi connectivity index (χ1) is 11.8. The van der Waals surface area contributed by atoms with Crippen LogP contribution in [0.25, 0.3) is 11.4 Å². The second-order valence-electron chi connectivity index (χ2n) is 6.79. The number of unbranched alkanes of at least 4 members (excludes halogenated alkanes) is 1. The van der Waals surface area contributed by atoms with Gasteiger partial charge in [-0.3, -0.25) is 0 Å². The molecule has 1 aliphatic heterocycles. The Bertz CT molecular complexity index is 606. The lowest BCUT2D eigenvalue weighted by atomic mass is 9.99. The lowest BCUT2D eigenvalue weighted by molar-refractivity contribution is 0.190. The smallest absolute Gasteiger partial charge is 0.161 e. The van der Waals surface area contributed by atoms with Crippen molar-refractivity contribution in [2.24, 2.45) is 5.92 Å². The Labute approximate surface area is 145 Å². The summed E-state index contributed by atoms with van der Waals surface area (Å²) in [4.78, 5) is 11.6. The molecule has 1 aromatic heterocycles. The van der Waals surface area contributed by atoms with Gasteiger partial charge in [-0.25, -0.2) is 9.97 Å². The van der Waals surface area contributed by atoms with E-state index in [0.717, 1.165) is 29.7 Å². The number of nitrogens with zero attached hydrogens (tertiary/aromatic N) is 3. The van der Waals surface area contributed by atoms with Crippen molar-refractivity contribution in [1.82, 2.24) is 14.9 Å². The Morgan fingerprint density at radius 2 is 1.88 bits per heavy atom. The van der Waals surface area contributed by atoms with E-state index >= 15 is 0 Å². The van der Waals surface area contributed by atoms with Gasteiger partial charge in [0, 0.05) is 18.3 Å². The molecule has 1 aliphatic rings. The van der Waals surface area contributed by atoms with E-state index < -0.39 is 0 Å². The standard InChI is InChI=1S/C20H28N4/c1-17-10-15-24(16-11-17)14-6-5-12-21-19-9-13-22-20(23-19)18-7-3-2-4-8-18/h2-4,7-9,13,17H,5-6,10-12,14-16H2,1H3,(H,21,22,23). The lowest BCUT2D eigenvalue weighted by Gasteiger charge is -2.30. The van der Waals surface area contributed by atoms with Gasteiger partial charge in [0.2, 0.25) is 0 Å². The van der Waals surface area contributed by atoms with Crippen LogP contribution in [0, 0.1) is 5.92 Å². The summed E-state index contributed by atoms with van der Waals surface area (Å²) in [6.45, 7) is 7.12. The van der Waals surface area contributed by atoms with Crippen LogP contribution in [0.15, 0.2) is 42.6 Å². The molecule has 1 aromatic carbocycles. The predicted octanol–water partition coefficient (Wildman–Crippen LogP) is 4.07. The molecular formula is C20H28N4. The third-order valence-corrected chi connectivity index (χ3v) is 4.77. The van der Waals surface area contributed by atoms with Gasteiger partial charge >= 0.3 is 0 Å². The molecule has 128 valence electrons. The molecule has 1 fully saturated rings. The summed E-state index contributed by atoms with van der Waals surface area (Å²) < 4.78 is 0. The van der Waals surface area contributed by atoms with Crippen molar-refractivity contribution in [3.63, 3.8) is 0 Å². The molecule has 0 atom stereocenters. The largest absolute Gasteiger partial charge is 0.370 e. The quantitative estimate of drug-likeness (QED) is 0.780. The highest BCUT2D eigenvalue weighted by Gasteiger charge is 2.14. The number of rotatable bonds is 7. The van der Waals surface area contributed by atoms with Crippen molar-refractivity contribution in [2.75, 3.05) is 31.5 Å².